The van der Waals surface area contributed by atoms with Gasteiger partial charge in [0, 0.05) is 25.7 Å². The number of hydrogen-bond acceptors (Lipinski definition) is 7. The number of anilines is 1. The second-order valence-electron chi connectivity index (χ2n) is 5.12. The number of rotatable bonds is 4. The van der Waals surface area contributed by atoms with Crippen LogP contribution in [0.5, 0.6) is 0 Å². The zero-order valence-corrected chi connectivity index (χ0v) is 14.2. The maximum Gasteiger partial charge on any atom is 0.339 e. The van der Waals surface area contributed by atoms with E-state index in [0.717, 1.165) is 32.3 Å². The first kappa shape index (κ1) is 18.3. The molecule has 0 aliphatic carbocycles. The predicted octanol–water partition coefficient (Wildman–Crippen LogP) is 0.851. The first-order valence-electron chi connectivity index (χ1n) is 7.23. The number of hydrogen-bond donors (Lipinski definition) is 0. The Morgan fingerprint density at radius 3 is 2.24 bits per heavy atom. The van der Waals surface area contributed by atoms with Gasteiger partial charge in [-0.15, -0.1) is 0 Å². The number of carbonyl (C=O) groups is 4. The molecule has 0 saturated carbocycles. The molecule has 0 aromatic heterocycles. The normalized spacial score (nSPS) is 19.4. The van der Waals surface area contributed by atoms with Gasteiger partial charge in [-0.25, -0.2) is 9.59 Å². The van der Waals surface area contributed by atoms with Gasteiger partial charge in [-0.3, -0.25) is 14.5 Å². The molecule has 1 amide bonds. The minimum Gasteiger partial charge on any atom is -0.466 e. The summed E-state index contributed by atoms with van der Waals surface area (Å²) < 4.78 is 14.6. The number of carbonyl (C=O) groups excluding carboxylic acids is 4. The quantitative estimate of drug-likeness (QED) is 0.588. The molecule has 1 aromatic rings. The van der Waals surface area contributed by atoms with E-state index in [0.29, 0.717) is 0 Å². The van der Waals surface area contributed by atoms with Crippen molar-refractivity contribution in [1.29, 1.82) is 0 Å². The molecule has 1 atom stereocenters. The molecule has 25 heavy (non-hydrogen) atoms. The summed E-state index contributed by atoms with van der Waals surface area (Å²) in [7, 11) is 3.36. The topological polar surface area (TPSA) is 99.2 Å². The number of para-hydroxylation sites is 1. The van der Waals surface area contributed by atoms with Crippen LogP contribution >= 0.6 is 0 Å². The summed E-state index contributed by atoms with van der Waals surface area (Å²) in [5.74, 6) is -3.12. The third-order valence-corrected chi connectivity index (χ3v) is 3.86. The van der Waals surface area contributed by atoms with Gasteiger partial charge in [0.05, 0.1) is 19.9 Å². The Kier molecular flexibility index (Phi) is 5.03. The van der Waals surface area contributed by atoms with Crippen LogP contribution in [0.15, 0.2) is 35.9 Å². The molecule has 0 spiro atoms. The van der Waals surface area contributed by atoms with E-state index >= 15 is 0 Å². The molecular formula is C17H17NO7. The second-order valence-corrected chi connectivity index (χ2v) is 5.12. The average Bonchev–Trinajstić information content (AvgIpc) is 2.88. The third kappa shape index (κ3) is 2.70. The van der Waals surface area contributed by atoms with E-state index in [-0.39, 0.29) is 11.3 Å². The van der Waals surface area contributed by atoms with Crippen molar-refractivity contribution in [2.45, 2.75) is 12.6 Å². The smallest absolute Gasteiger partial charge is 0.339 e. The first-order valence-corrected chi connectivity index (χ1v) is 7.23. The van der Waals surface area contributed by atoms with Gasteiger partial charge in [0.15, 0.2) is 0 Å². The van der Waals surface area contributed by atoms with Crippen molar-refractivity contribution in [1.82, 2.24) is 0 Å². The van der Waals surface area contributed by atoms with Crippen molar-refractivity contribution in [3.05, 3.63) is 41.5 Å². The molecule has 1 unspecified atom stereocenters. The molecule has 1 heterocycles. The van der Waals surface area contributed by atoms with Crippen molar-refractivity contribution in [3.8, 4) is 0 Å². The van der Waals surface area contributed by atoms with Crippen LogP contribution in [-0.4, -0.2) is 50.7 Å². The van der Waals surface area contributed by atoms with Gasteiger partial charge in [-0.05, 0) is 12.1 Å². The first-order chi connectivity index (χ1) is 11.8. The highest BCUT2D eigenvalue weighted by Crippen LogP contribution is 2.43. The van der Waals surface area contributed by atoms with Gasteiger partial charge in [0.2, 0.25) is 17.4 Å². The number of fused-ring (bicyclic) bond motifs is 1. The summed E-state index contributed by atoms with van der Waals surface area (Å²) in [5, 5.41) is 0. The lowest BCUT2D eigenvalue weighted by Gasteiger charge is -2.35. The minimum atomic E-state index is -2.16. The van der Waals surface area contributed by atoms with E-state index in [1.807, 2.05) is 0 Å². The molecule has 0 saturated heterocycles. The number of amides is 1. The minimum absolute atomic E-state index is 0.180. The molecule has 1 aliphatic heterocycles. The van der Waals surface area contributed by atoms with Crippen LogP contribution in [0.1, 0.15) is 17.3 Å². The van der Waals surface area contributed by atoms with Crippen molar-refractivity contribution < 1.29 is 33.4 Å². The van der Waals surface area contributed by atoms with Gasteiger partial charge in [-0.2, -0.15) is 0 Å². The molecule has 2 rings (SSSR count). The molecular weight excluding hydrogens is 330 g/mol. The Hall–Kier alpha value is -3.00. The maximum absolute atomic E-state index is 13.1. The van der Waals surface area contributed by atoms with E-state index in [2.05, 4.69) is 9.47 Å². The summed E-state index contributed by atoms with van der Waals surface area (Å²) in [6, 6.07) is 6.29. The summed E-state index contributed by atoms with van der Waals surface area (Å²) in [6.45, 7) is 1.22. The zero-order valence-electron chi connectivity index (χ0n) is 14.2. The SMILES string of the molecule is COC(=O)C=C(C(=O)OC)C1(OC)C(=O)c2ccccc2N1C(C)=O. The molecule has 1 aliphatic rings. The highest BCUT2D eigenvalue weighted by molar-refractivity contribution is 6.24. The van der Waals surface area contributed by atoms with Crippen LogP contribution in [0, 0.1) is 0 Å². The van der Waals surface area contributed by atoms with Crippen LogP contribution in [0.3, 0.4) is 0 Å². The number of benzene rings is 1. The van der Waals surface area contributed by atoms with Gasteiger partial charge in [-0.1, -0.05) is 12.1 Å². The van der Waals surface area contributed by atoms with Gasteiger partial charge in [0.1, 0.15) is 5.57 Å². The van der Waals surface area contributed by atoms with Crippen LogP contribution < -0.4 is 4.90 Å². The Labute approximate surface area is 143 Å². The van der Waals surface area contributed by atoms with Crippen LogP contribution in [0.2, 0.25) is 0 Å². The molecule has 0 radical (unpaired) electrons. The van der Waals surface area contributed by atoms with Crippen molar-refractivity contribution in [2.75, 3.05) is 26.2 Å². The molecule has 132 valence electrons. The Balaban J connectivity index is 2.81. The van der Waals surface area contributed by atoms with Crippen LogP contribution in [0.25, 0.3) is 0 Å². The maximum atomic E-state index is 13.1. The Morgan fingerprint density at radius 1 is 1.08 bits per heavy atom. The van der Waals surface area contributed by atoms with Crippen molar-refractivity contribution >= 4 is 29.3 Å². The zero-order chi connectivity index (χ0) is 18.8. The fourth-order valence-electron chi connectivity index (χ4n) is 2.82. The molecule has 0 bridgehead atoms. The van der Waals surface area contributed by atoms with E-state index < -0.39 is 34.9 Å². The largest absolute Gasteiger partial charge is 0.466 e. The average molecular weight is 347 g/mol. The van der Waals surface area contributed by atoms with E-state index in [1.54, 1.807) is 18.2 Å². The molecule has 8 nitrogen and oxygen atoms in total. The van der Waals surface area contributed by atoms with Crippen LogP contribution in [-0.2, 0) is 28.6 Å². The summed E-state index contributed by atoms with van der Waals surface area (Å²) >= 11 is 0. The number of ketones is 1. The fourth-order valence-corrected chi connectivity index (χ4v) is 2.82. The monoisotopic (exact) mass is 347 g/mol. The lowest BCUT2D eigenvalue weighted by Crippen LogP contribution is -2.57. The number of methoxy groups -OCH3 is 3. The van der Waals surface area contributed by atoms with E-state index in [4.69, 9.17) is 4.74 Å². The Bertz CT molecular complexity index is 783. The molecule has 0 fully saturated rings. The summed E-state index contributed by atoms with van der Waals surface area (Å²) in [6.07, 6.45) is 0.787. The summed E-state index contributed by atoms with van der Waals surface area (Å²) in [4.78, 5) is 50.4. The fraction of sp³-hybridized carbons (Fsp3) is 0.294. The van der Waals surface area contributed by atoms with E-state index in [1.165, 1.54) is 13.0 Å². The lowest BCUT2D eigenvalue weighted by molar-refractivity contribution is -0.141. The second kappa shape index (κ2) is 6.86. The lowest BCUT2D eigenvalue weighted by atomic mass is 9.95. The highest BCUT2D eigenvalue weighted by atomic mass is 16.5. The third-order valence-electron chi connectivity index (χ3n) is 3.86. The van der Waals surface area contributed by atoms with Crippen molar-refractivity contribution in [2.24, 2.45) is 0 Å². The van der Waals surface area contributed by atoms with Crippen molar-refractivity contribution in [3.63, 3.8) is 0 Å². The van der Waals surface area contributed by atoms with Gasteiger partial charge >= 0.3 is 11.9 Å². The van der Waals surface area contributed by atoms with Gasteiger partial charge < -0.3 is 14.2 Å². The molecule has 1 aromatic carbocycles. The number of ether oxygens (including phenoxy) is 3. The van der Waals surface area contributed by atoms with E-state index in [9.17, 15) is 19.2 Å². The van der Waals surface area contributed by atoms with Crippen LogP contribution in [0.4, 0.5) is 5.69 Å². The highest BCUT2D eigenvalue weighted by Gasteiger charge is 2.59. The molecule has 0 N–H and O–H groups in total. The summed E-state index contributed by atoms with van der Waals surface area (Å²) in [5.41, 5.74) is -2.17. The molecule has 8 heteroatoms. The number of esters is 2. The van der Waals surface area contributed by atoms with Gasteiger partial charge in [0.25, 0.3) is 0 Å². The standard InChI is InChI=1S/C17H17NO7/c1-10(19)18-13-8-6-5-7-11(13)15(21)17(18,25-4)12(16(22)24-3)9-14(20)23-2/h5-9H,1-4H3. The number of nitrogens with zero attached hydrogens (tertiary/aromatic N) is 1. The Morgan fingerprint density at radius 2 is 1.72 bits per heavy atom. The number of Topliss-reactive ketones (excluding diaryl/α,β-unsaturated/α-hetero) is 1. The predicted molar refractivity (Wildman–Crippen MR) is 85.8 cm³/mol.